The molecule has 0 saturated carbocycles. The van der Waals surface area contributed by atoms with Crippen LogP contribution in [0.2, 0.25) is 0 Å². The van der Waals surface area contributed by atoms with Crippen molar-refractivity contribution < 1.29 is 17.9 Å². The van der Waals surface area contributed by atoms with E-state index in [1.165, 1.54) is 18.2 Å². The number of nitrogens with one attached hydrogen (secondary N) is 2. The molecule has 3 aromatic rings. The van der Waals surface area contributed by atoms with E-state index in [2.05, 4.69) is 20.0 Å². The van der Waals surface area contributed by atoms with Crippen molar-refractivity contribution in [1.82, 2.24) is 4.98 Å². The van der Waals surface area contributed by atoms with Gasteiger partial charge in [0.05, 0.1) is 5.69 Å². The SMILES string of the molecule is Cc1cccc2c(CCN=C(N)Nc3ccccc3OC(F)(F)F)c[nH]c12.I. The second-order valence-electron chi connectivity index (χ2n) is 6.00. The summed E-state index contributed by atoms with van der Waals surface area (Å²) < 4.78 is 41.4. The normalized spacial score (nSPS) is 11.9. The number of aromatic nitrogens is 1. The number of anilines is 1. The number of halogens is 4. The van der Waals surface area contributed by atoms with Crippen molar-refractivity contribution in [2.24, 2.45) is 10.7 Å². The molecule has 5 nitrogen and oxygen atoms in total. The molecule has 0 atom stereocenters. The van der Waals surface area contributed by atoms with Crippen LogP contribution in [0.25, 0.3) is 10.9 Å². The molecule has 0 aliphatic carbocycles. The third-order valence-electron chi connectivity index (χ3n) is 4.05. The Morgan fingerprint density at radius 3 is 2.68 bits per heavy atom. The summed E-state index contributed by atoms with van der Waals surface area (Å²) >= 11 is 0. The van der Waals surface area contributed by atoms with Crippen LogP contribution in [-0.4, -0.2) is 23.9 Å². The molecule has 2 aromatic carbocycles. The Morgan fingerprint density at radius 2 is 1.93 bits per heavy atom. The predicted molar refractivity (Wildman–Crippen MR) is 115 cm³/mol. The number of para-hydroxylation sites is 3. The Balaban J connectivity index is 0.00000280. The number of hydrogen-bond acceptors (Lipinski definition) is 2. The number of nitrogens with zero attached hydrogens (tertiary/aromatic N) is 1. The van der Waals surface area contributed by atoms with Crippen molar-refractivity contribution in [3.8, 4) is 5.75 Å². The van der Waals surface area contributed by atoms with Crippen LogP contribution in [-0.2, 0) is 6.42 Å². The maximum atomic E-state index is 12.5. The third-order valence-corrected chi connectivity index (χ3v) is 4.05. The highest BCUT2D eigenvalue weighted by Gasteiger charge is 2.32. The van der Waals surface area contributed by atoms with Crippen LogP contribution in [0.1, 0.15) is 11.1 Å². The molecule has 1 heterocycles. The molecule has 0 aliphatic heterocycles. The number of fused-ring (bicyclic) bond motifs is 1. The van der Waals surface area contributed by atoms with Crippen molar-refractivity contribution >= 4 is 46.5 Å². The number of aryl methyl sites for hydroxylation is 1. The number of H-pyrrole nitrogens is 1. The fourth-order valence-electron chi connectivity index (χ4n) is 2.83. The molecular weight excluding hydrogens is 484 g/mol. The summed E-state index contributed by atoms with van der Waals surface area (Å²) in [4.78, 5) is 7.44. The fourth-order valence-corrected chi connectivity index (χ4v) is 2.83. The first-order valence-electron chi connectivity index (χ1n) is 8.31. The lowest BCUT2D eigenvalue weighted by Gasteiger charge is -2.14. The zero-order valence-electron chi connectivity index (χ0n) is 15.0. The van der Waals surface area contributed by atoms with Crippen molar-refractivity contribution in [2.75, 3.05) is 11.9 Å². The molecule has 0 bridgehead atoms. The topological polar surface area (TPSA) is 75.4 Å². The Bertz CT molecular complexity index is 969. The third kappa shape index (κ3) is 5.54. The van der Waals surface area contributed by atoms with Gasteiger partial charge < -0.3 is 20.8 Å². The standard InChI is InChI=1S/C19H19F3N4O.HI/c1-12-5-4-6-14-13(11-25-17(12)14)9-10-24-18(23)26-15-7-2-3-8-16(15)27-19(20,21)22;/h2-8,11,25H,9-10H2,1H3,(H3,23,24,26);1H. The van der Waals surface area contributed by atoms with Gasteiger partial charge in [-0.1, -0.05) is 30.3 Å². The van der Waals surface area contributed by atoms with Gasteiger partial charge in [0.25, 0.3) is 0 Å². The monoisotopic (exact) mass is 504 g/mol. The number of ether oxygens (including phenoxy) is 1. The molecule has 150 valence electrons. The first kappa shape index (κ1) is 21.9. The summed E-state index contributed by atoms with van der Waals surface area (Å²) in [6.45, 7) is 2.42. The highest BCUT2D eigenvalue weighted by molar-refractivity contribution is 14.0. The molecular formula is C19H20F3IN4O. The zero-order valence-corrected chi connectivity index (χ0v) is 17.3. The summed E-state index contributed by atoms with van der Waals surface area (Å²) in [5, 5.41) is 3.78. The average molecular weight is 504 g/mol. The van der Waals surface area contributed by atoms with Gasteiger partial charge in [-0.05, 0) is 36.6 Å². The van der Waals surface area contributed by atoms with Crippen LogP contribution >= 0.6 is 24.0 Å². The molecule has 4 N–H and O–H groups in total. The second-order valence-corrected chi connectivity index (χ2v) is 6.00. The zero-order chi connectivity index (χ0) is 19.4. The molecule has 3 rings (SSSR count). The molecule has 28 heavy (non-hydrogen) atoms. The molecule has 1 aromatic heterocycles. The Hall–Kier alpha value is -2.43. The smallest absolute Gasteiger partial charge is 0.404 e. The van der Waals surface area contributed by atoms with Crippen molar-refractivity contribution in [2.45, 2.75) is 19.7 Å². The van der Waals surface area contributed by atoms with Crippen LogP contribution in [0, 0.1) is 6.92 Å². The molecule has 0 radical (unpaired) electrons. The molecule has 0 saturated heterocycles. The minimum atomic E-state index is -4.78. The lowest BCUT2D eigenvalue weighted by atomic mass is 10.1. The van der Waals surface area contributed by atoms with Gasteiger partial charge in [-0.15, -0.1) is 37.1 Å². The van der Waals surface area contributed by atoms with E-state index < -0.39 is 6.36 Å². The molecule has 0 spiro atoms. The first-order valence-corrected chi connectivity index (χ1v) is 8.31. The second kappa shape index (κ2) is 9.18. The number of hydrogen-bond donors (Lipinski definition) is 3. The van der Waals surface area contributed by atoms with Crippen molar-refractivity contribution in [3.63, 3.8) is 0 Å². The van der Waals surface area contributed by atoms with E-state index in [0.29, 0.717) is 13.0 Å². The van der Waals surface area contributed by atoms with Gasteiger partial charge in [0.15, 0.2) is 11.7 Å². The van der Waals surface area contributed by atoms with Crippen LogP contribution < -0.4 is 15.8 Å². The summed E-state index contributed by atoms with van der Waals surface area (Å²) in [6, 6.07) is 11.7. The fraction of sp³-hybridized carbons (Fsp3) is 0.211. The minimum absolute atomic E-state index is 0. The summed E-state index contributed by atoms with van der Waals surface area (Å²) in [5.74, 6) is -0.348. The largest absolute Gasteiger partial charge is 0.573 e. The number of alkyl halides is 3. The first-order chi connectivity index (χ1) is 12.8. The average Bonchev–Trinajstić information content (AvgIpc) is 3.00. The number of rotatable bonds is 5. The van der Waals surface area contributed by atoms with Gasteiger partial charge in [0.2, 0.25) is 0 Å². The number of aromatic amines is 1. The highest BCUT2D eigenvalue weighted by Crippen LogP contribution is 2.29. The van der Waals surface area contributed by atoms with E-state index in [-0.39, 0.29) is 41.4 Å². The van der Waals surface area contributed by atoms with E-state index >= 15 is 0 Å². The predicted octanol–water partition coefficient (Wildman–Crippen LogP) is 4.96. The lowest BCUT2D eigenvalue weighted by molar-refractivity contribution is -0.274. The number of benzene rings is 2. The Labute approximate surface area is 177 Å². The number of nitrogens with two attached hydrogens (primary N) is 1. The van der Waals surface area contributed by atoms with Gasteiger partial charge >= 0.3 is 6.36 Å². The molecule has 0 fully saturated rings. The van der Waals surface area contributed by atoms with Crippen LogP contribution in [0.5, 0.6) is 5.75 Å². The molecule has 0 unspecified atom stereocenters. The molecule has 0 amide bonds. The summed E-state index contributed by atoms with van der Waals surface area (Å²) in [6.07, 6.45) is -2.20. The quantitative estimate of drug-likeness (QED) is 0.261. The van der Waals surface area contributed by atoms with E-state index in [1.54, 1.807) is 6.07 Å². The maximum Gasteiger partial charge on any atom is 0.573 e. The maximum absolute atomic E-state index is 12.5. The molecule has 9 heteroatoms. The van der Waals surface area contributed by atoms with Gasteiger partial charge in [-0.3, -0.25) is 4.99 Å². The lowest BCUT2D eigenvalue weighted by Crippen LogP contribution is -2.24. The van der Waals surface area contributed by atoms with Crippen molar-refractivity contribution in [1.29, 1.82) is 0 Å². The van der Waals surface area contributed by atoms with Crippen LogP contribution in [0.4, 0.5) is 18.9 Å². The van der Waals surface area contributed by atoms with Gasteiger partial charge in [0, 0.05) is 23.6 Å². The van der Waals surface area contributed by atoms with E-state index in [1.807, 2.05) is 31.3 Å². The van der Waals surface area contributed by atoms with Gasteiger partial charge in [-0.25, -0.2) is 0 Å². The Kier molecular flexibility index (Phi) is 7.17. The highest BCUT2D eigenvalue weighted by atomic mass is 127. The summed E-state index contributed by atoms with van der Waals surface area (Å²) in [5.41, 5.74) is 9.25. The minimum Gasteiger partial charge on any atom is -0.404 e. The van der Waals surface area contributed by atoms with E-state index in [0.717, 1.165) is 22.0 Å². The Morgan fingerprint density at radius 1 is 1.18 bits per heavy atom. The van der Waals surface area contributed by atoms with E-state index in [9.17, 15) is 13.2 Å². The van der Waals surface area contributed by atoms with Crippen LogP contribution in [0.15, 0.2) is 53.7 Å². The van der Waals surface area contributed by atoms with Gasteiger partial charge in [-0.2, -0.15) is 0 Å². The molecule has 0 aliphatic rings. The summed E-state index contributed by atoms with van der Waals surface area (Å²) in [7, 11) is 0. The number of guanidine groups is 1. The van der Waals surface area contributed by atoms with Crippen LogP contribution in [0.3, 0.4) is 0 Å². The number of aliphatic imine (C=N–C) groups is 1. The van der Waals surface area contributed by atoms with E-state index in [4.69, 9.17) is 5.73 Å². The van der Waals surface area contributed by atoms with Crippen molar-refractivity contribution in [3.05, 3.63) is 59.8 Å². The van der Waals surface area contributed by atoms with Gasteiger partial charge in [0.1, 0.15) is 0 Å².